The third-order valence-electron chi connectivity index (χ3n) is 4.77. The second kappa shape index (κ2) is 6.88. The predicted octanol–water partition coefficient (Wildman–Crippen LogP) is 2.28. The highest BCUT2D eigenvalue weighted by Gasteiger charge is 2.37. The molecule has 1 saturated heterocycles. The second-order valence-corrected chi connectivity index (χ2v) is 7.42. The molecule has 5 heteroatoms. The van der Waals surface area contributed by atoms with Crippen LogP contribution >= 0.6 is 11.3 Å². The molecule has 2 fully saturated rings. The van der Waals surface area contributed by atoms with Crippen molar-refractivity contribution in [2.75, 3.05) is 6.54 Å². The molecule has 1 aromatic heterocycles. The molecule has 0 spiro atoms. The van der Waals surface area contributed by atoms with Gasteiger partial charge in [-0.1, -0.05) is 19.8 Å². The van der Waals surface area contributed by atoms with E-state index in [9.17, 15) is 4.79 Å². The van der Waals surface area contributed by atoms with Gasteiger partial charge in [-0.25, -0.2) is 4.98 Å². The monoisotopic (exact) mass is 307 g/mol. The van der Waals surface area contributed by atoms with Crippen molar-refractivity contribution in [2.24, 2.45) is 5.92 Å². The molecule has 2 aliphatic rings. The van der Waals surface area contributed by atoms with Gasteiger partial charge >= 0.3 is 0 Å². The number of hydrogen-bond acceptors (Lipinski definition) is 4. The van der Waals surface area contributed by atoms with Gasteiger partial charge in [-0.15, -0.1) is 11.3 Å². The maximum atomic E-state index is 12.2. The van der Waals surface area contributed by atoms with Crippen molar-refractivity contribution >= 4 is 17.2 Å². The van der Waals surface area contributed by atoms with Crippen molar-refractivity contribution in [2.45, 2.75) is 64.0 Å². The maximum absolute atomic E-state index is 12.2. The van der Waals surface area contributed by atoms with Gasteiger partial charge < -0.3 is 10.6 Å². The van der Waals surface area contributed by atoms with Crippen LogP contribution in [0.5, 0.6) is 0 Å². The second-order valence-electron chi connectivity index (χ2n) is 6.22. The number of aryl methyl sites for hydroxylation is 1. The molecule has 0 radical (unpaired) electrons. The molecular weight excluding hydrogens is 282 g/mol. The van der Waals surface area contributed by atoms with Crippen LogP contribution in [0.25, 0.3) is 0 Å². The summed E-state index contributed by atoms with van der Waals surface area (Å²) in [6.45, 7) is 2.84. The molecule has 4 nitrogen and oxygen atoms in total. The SMILES string of the molecule is CCc1cnc(CCNC(=O)C2CC3CCCCC3N2)s1. The predicted molar refractivity (Wildman–Crippen MR) is 85.5 cm³/mol. The van der Waals surface area contributed by atoms with Gasteiger partial charge in [-0.3, -0.25) is 4.79 Å². The van der Waals surface area contributed by atoms with E-state index in [1.54, 1.807) is 11.3 Å². The van der Waals surface area contributed by atoms with Crippen molar-refractivity contribution in [1.29, 1.82) is 0 Å². The molecule has 21 heavy (non-hydrogen) atoms. The largest absolute Gasteiger partial charge is 0.354 e. The number of carbonyl (C=O) groups is 1. The highest BCUT2D eigenvalue weighted by Crippen LogP contribution is 2.33. The smallest absolute Gasteiger partial charge is 0.237 e. The van der Waals surface area contributed by atoms with Crippen molar-refractivity contribution < 1.29 is 4.79 Å². The summed E-state index contributed by atoms with van der Waals surface area (Å²) in [5.41, 5.74) is 0. The summed E-state index contributed by atoms with van der Waals surface area (Å²) in [6.07, 6.45) is 10.0. The van der Waals surface area contributed by atoms with Crippen LogP contribution < -0.4 is 10.6 Å². The van der Waals surface area contributed by atoms with E-state index in [0.717, 1.165) is 30.2 Å². The summed E-state index contributed by atoms with van der Waals surface area (Å²) in [4.78, 5) is 18.0. The van der Waals surface area contributed by atoms with Crippen LogP contribution in [-0.2, 0) is 17.6 Å². The number of rotatable bonds is 5. The Balaban J connectivity index is 1.42. The molecule has 116 valence electrons. The van der Waals surface area contributed by atoms with Crippen LogP contribution in [0.2, 0.25) is 0 Å². The number of aromatic nitrogens is 1. The Labute approximate surface area is 130 Å². The zero-order valence-corrected chi connectivity index (χ0v) is 13.5. The standard InChI is InChI=1S/C16H25N3OS/c1-2-12-10-18-15(21-12)7-8-17-16(20)14-9-11-5-3-4-6-13(11)19-14/h10-11,13-14,19H,2-9H2,1H3,(H,17,20). The Kier molecular flexibility index (Phi) is 4.91. The fourth-order valence-corrected chi connectivity index (χ4v) is 4.43. The quantitative estimate of drug-likeness (QED) is 0.877. The molecule has 3 rings (SSSR count). The zero-order chi connectivity index (χ0) is 14.7. The third-order valence-corrected chi connectivity index (χ3v) is 5.97. The van der Waals surface area contributed by atoms with Gasteiger partial charge in [0.25, 0.3) is 0 Å². The average molecular weight is 307 g/mol. The summed E-state index contributed by atoms with van der Waals surface area (Å²) in [6, 6.07) is 0.612. The minimum Gasteiger partial charge on any atom is -0.354 e. The van der Waals surface area contributed by atoms with Gasteiger partial charge in [-0.05, 0) is 31.6 Å². The summed E-state index contributed by atoms with van der Waals surface area (Å²) >= 11 is 1.76. The number of hydrogen-bond donors (Lipinski definition) is 2. The molecule has 0 bridgehead atoms. The number of amides is 1. The Morgan fingerprint density at radius 3 is 3.10 bits per heavy atom. The Morgan fingerprint density at radius 1 is 1.48 bits per heavy atom. The topological polar surface area (TPSA) is 54.0 Å². The van der Waals surface area contributed by atoms with Crippen molar-refractivity contribution in [3.05, 3.63) is 16.1 Å². The Hall–Kier alpha value is -0.940. The zero-order valence-electron chi connectivity index (χ0n) is 12.7. The molecule has 0 aromatic carbocycles. The van der Waals surface area contributed by atoms with Gasteiger partial charge in [0.2, 0.25) is 5.91 Å². The normalized spacial score (nSPS) is 28.3. The van der Waals surface area contributed by atoms with E-state index in [1.807, 2.05) is 6.20 Å². The number of carbonyl (C=O) groups excluding carboxylic acids is 1. The molecule has 1 amide bonds. The van der Waals surface area contributed by atoms with E-state index < -0.39 is 0 Å². The number of nitrogens with one attached hydrogen (secondary N) is 2. The molecule has 2 N–H and O–H groups in total. The highest BCUT2D eigenvalue weighted by atomic mass is 32.1. The van der Waals surface area contributed by atoms with E-state index >= 15 is 0 Å². The van der Waals surface area contributed by atoms with Gasteiger partial charge in [0.15, 0.2) is 0 Å². The van der Waals surface area contributed by atoms with Crippen molar-refractivity contribution in [1.82, 2.24) is 15.6 Å². The van der Waals surface area contributed by atoms with E-state index in [1.165, 1.54) is 30.6 Å². The number of fused-ring (bicyclic) bond motifs is 1. The van der Waals surface area contributed by atoms with Gasteiger partial charge in [0.1, 0.15) is 0 Å². The molecule has 3 unspecified atom stereocenters. The molecule has 1 aromatic rings. The van der Waals surface area contributed by atoms with Gasteiger partial charge in [0, 0.05) is 30.1 Å². The Bertz CT molecular complexity index is 474. The van der Waals surface area contributed by atoms with Gasteiger partial charge in [-0.2, -0.15) is 0 Å². The van der Waals surface area contributed by atoms with E-state index in [4.69, 9.17) is 0 Å². The first-order chi connectivity index (χ1) is 10.3. The van der Waals surface area contributed by atoms with Crippen molar-refractivity contribution in [3.63, 3.8) is 0 Å². The first-order valence-electron chi connectivity index (χ1n) is 8.23. The number of nitrogens with zero attached hydrogens (tertiary/aromatic N) is 1. The lowest BCUT2D eigenvalue weighted by Crippen LogP contribution is -2.43. The van der Waals surface area contributed by atoms with Crippen LogP contribution in [0.1, 0.15) is 48.9 Å². The van der Waals surface area contributed by atoms with E-state index in [-0.39, 0.29) is 11.9 Å². The lowest BCUT2D eigenvalue weighted by molar-refractivity contribution is -0.122. The van der Waals surface area contributed by atoms with E-state index in [2.05, 4.69) is 22.5 Å². The fourth-order valence-electron chi connectivity index (χ4n) is 3.56. The average Bonchev–Trinajstić information content (AvgIpc) is 3.13. The molecule has 3 atom stereocenters. The van der Waals surface area contributed by atoms with Crippen LogP contribution in [0.15, 0.2) is 6.20 Å². The first kappa shape index (κ1) is 15.0. The van der Waals surface area contributed by atoms with Crippen LogP contribution in [-0.4, -0.2) is 29.5 Å². The molecule has 1 aliphatic carbocycles. The van der Waals surface area contributed by atoms with E-state index in [0.29, 0.717) is 12.6 Å². The lowest BCUT2D eigenvalue weighted by Gasteiger charge is -2.24. The fraction of sp³-hybridized carbons (Fsp3) is 0.750. The number of thiazole rings is 1. The van der Waals surface area contributed by atoms with Crippen LogP contribution in [0.4, 0.5) is 0 Å². The summed E-state index contributed by atoms with van der Waals surface area (Å²) in [7, 11) is 0. The molecule has 2 heterocycles. The highest BCUT2D eigenvalue weighted by molar-refractivity contribution is 7.11. The maximum Gasteiger partial charge on any atom is 0.237 e. The van der Waals surface area contributed by atoms with Crippen LogP contribution in [0.3, 0.4) is 0 Å². The van der Waals surface area contributed by atoms with Gasteiger partial charge in [0.05, 0.1) is 11.0 Å². The summed E-state index contributed by atoms with van der Waals surface area (Å²) in [5.74, 6) is 0.900. The molecular formula is C16H25N3OS. The molecule has 1 aliphatic heterocycles. The van der Waals surface area contributed by atoms with Crippen molar-refractivity contribution in [3.8, 4) is 0 Å². The summed E-state index contributed by atoms with van der Waals surface area (Å²) < 4.78 is 0. The lowest BCUT2D eigenvalue weighted by atomic mass is 9.85. The minimum atomic E-state index is 0.0283. The first-order valence-corrected chi connectivity index (χ1v) is 9.05. The molecule has 1 saturated carbocycles. The Morgan fingerprint density at radius 2 is 2.33 bits per heavy atom. The minimum absolute atomic E-state index is 0.0283. The van der Waals surface area contributed by atoms with Crippen LogP contribution in [0, 0.1) is 5.92 Å². The third kappa shape index (κ3) is 3.64. The summed E-state index contributed by atoms with van der Waals surface area (Å²) in [5, 5.41) is 7.73.